The topological polar surface area (TPSA) is 64.9 Å². The van der Waals surface area contributed by atoms with E-state index in [1.165, 1.54) is 6.42 Å². The van der Waals surface area contributed by atoms with Crippen molar-refractivity contribution in [3.8, 4) is 11.5 Å². The maximum atomic E-state index is 6.00. The number of nitrogen functional groups attached to an aromatic ring is 1. The first kappa shape index (κ1) is 12.5. The summed E-state index contributed by atoms with van der Waals surface area (Å²) in [6, 6.07) is 5.42. The lowest BCUT2D eigenvalue weighted by molar-refractivity contribution is 0.415. The first-order chi connectivity index (χ1) is 9.15. The minimum absolute atomic E-state index is 0.410. The second-order valence-corrected chi connectivity index (χ2v) is 5.68. The zero-order chi connectivity index (χ0) is 13.4. The molecular formula is C14H16ClN3O. The van der Waals surface area contributed by atoms with Crippen LogP contribution >= 0.6 is 11.6 Å². The van der Waals surface area contributed by atoms with Gasteiger partial charge in [-0.1, -0.05) is 29.7 Å². The molecule has 5 heteroatoms. The zero-order valence-corrected chi connectivity index (χ0v) is 11.5. The molecule has 1 aromatic carbocycles. The molecule has 19 heavy (non-hydrogen) atoms. The molecule has 3 rings (SSSR count). The number of para-hydroxylation sites is 1. The Kier molecular flexibility index (Phi) is 3.19. The van der Waals surface area contributed by atoms with Gasteiger partial charge in [0.15, 0.2) is 5.82 Å². The molecular weight excluding hydrogens is 262 g/mol. The van der Waals surface area contributed by atoms with Gasteiger partial charge < -0.3 is 10.3 Å². The minimum Gasteiger partial charge on any atom is -0.397 e. The number of halogens is 1. The van der Waals surface area contributed by atoms with Crippen molar-refractivity contribution in [3.63, 3.8) is 0 Å². The lowest BCUT2D eigenvalue weighted by atomic mass is 10.1. The summed E-state index contributed by atoms with van der Waals surface area (Å²) in [4.78, 5) is 4.48. The van der Waals surface area contributed by atoms with Gasteiger partial charge in [-0.05, 0) is 37.3 Å². The Hall–Kier alpha value is -1.55. The van der Waals surface area contributed by atoms with E-state index in [0.717, 1.165) is 24.6 Å². The molecule has 1 heterocycles. The van der Waals surface area contributed by atoms with Crippen LogP contribution in [0, 0.1) is 5.92 Å². The van der Waals surface area contributed by atoms with Gasteiger partial charge in [0.05, 0.1) is 16.3 Å². The lowest BCUT2D eigenvalue weighted by Gasteiger charge is -2.03. The molecule has 2 N–H and O–H groups in total. The number of aromatic nitrogens is 2. The molecule has 1 aliphatic carbocycles. The van der Waals surface area contributed by atoms with Gasteiger partial charge in [0.2, 0.25) is 0 Å². The lowest BCUT2D eigenvalue weighted by Crippen LogP contribution is -1.96. The maximum absolute atomic E-state index is 6.00. The van der Waals surface area contributed by atoms with Crippen LogP contribution in [0.25, 0.3) is 11.5 Å². The minimum atomic E-state index is 0.410. The Labute approximate surface area is 117 Å². The number of nitrogens with zero attached hydrogens (tertiary/aromatic N) is 2. The fourth-order valence-corrected chi connectivity index (χ4v) is 2.85. The van der Waals surface area contributed by atoms with Crippen molar-refractivity contribution in [3.05, 3.63) is 29.0 Å². The smallest absolute Gasteiger partial charge is 0.260 e. The van der Waals surface area contributed by atoms with Gasteiger partial charge in [-0.2, -0.15) is 4.98 Å². The van der Waals surface area contributed by atoms with E-state index in [2.05, 4.69) is 17.1 Å². The van der Waals surface area contributed by atoms with Crippen molar-refractivity contribution >= 4 is 17.3 Å². The molecule has 1 saturated carbocycles. The number of hydrogen-bond acceptors (Lipinski definition) is 4. The van der Waals surface area contributed by atoms with Crippen molar-refractivity contribution in [2.24, 2.45) is 5.92 Å². The van der Waals surface area contributed by atoms with Crippen LogP contribution in [-0.2, 0) is 0 Å². The van der Waals surface area contributed by atoms with Crippen molar-refractivity contribution < 1.29 is 4.52 Å². The number of hydrogen-bond donors (Lipinski definition) is 1. The standard InChI is InChI=1S/C14H16ClN3O/c1-8-5-6-9(7-8)13-17-14(19-18-13)10-3-2-4-11(15)12(10)16/h2-4,8-9H,5-7,16H2,1H3. The van der Waals surface area contributed by atoms with E-state index in [1.54, 1.807) is 6.07 Å². The monoisotopic (exact) mass is 277 g/mol. The average Bonchev–Trinajstić information content (AvgIpc) is 3.01. The molecule has 0 saturated heterocycles. The maximum Gasteiger partial charge on any atom is 0.260 e. The van der Waals surface area contributed by atoms with Crippen molar-refractivity contribution in [1.82, 2.24) is 10.1 Å². The van der Waals surface area contributed by atoms with Crippen LogP contribution in [-0.4, -0.2) is 10.1 Å². The fraction of sp³-hybridized carbons (Fsp3) is 0.429. The summed E-state index contributed by atoms with van der Waals surface area (Å²) in [6.45, 7) is 2.26. The molecule has 0 aliphatic heterocycles. The number of nitrogens with two attached hydrogens (primary N) is 1. The largest absolute Gasteiger partial charge is 0.397 e. The molecule has 1 fully saturated rings. The first-order valence-electron chi connectivity index (χ1n) is 6.53. The fourth-order valence-electron chi connectivity index (χ4n) is 2.68. The predicted molar refractivity (Wildman–Crippen MR) is 74.9 cm³/mol. The van der Waals surface area contributed by atoms with Gasteiger partial charge in [0, 0.05) is 5.92 Å². The molecule has 0 spiro atoms. The van der Waals surface area contributed by atoms with E-state index in [9.17, 15) is 0 Å². The SMILES string of the molecule is CC1CCC(c2noc(-c3cccc(Cl)c3N)n2)C1. The van der Waals surface area contributed by atoms with E-state index < -0.39 is 0 Å². The average molecular weight is 278 g/mol. The summed E-state index contributed by atoms with van der Waals surface area (Å²) in [5.41, 5.74) is 7.13. The molecule has 2 aromatic rings. The highest BCUT2D eigenvalue weighted by Gasteiger charge is 2.27. The Morgan fingerprint density at radius 1 is 1.37 bits per heavy atom. The second kappa shape index (κ2) is 4.85. The highest BCUT2D eigenvalue weighted by molar-refractivity contribution is 6.33. The molecule has 4 nitrogen and oxygen atoms in total. The summed E-state index contributed by atoms with van der Waals surface area (Å²) < 4.78 is 5.33. The van der Waals surface area contributed by atoms with E-state index in [0.29, 0.717) is 28.1 Å². The summed E-state index contributed by atoms with van der Waals surface area (Å²) in [7, 11) is 0. The van der Waals surface area contributed by atoms with Gasteiger partial charge in [-0.3, -0.25) is 0 Å². The number of rotatable bonds is 2. The highest BCUT2D eigenvalue weighted by Crippen LogP contribution is 2.38. The summed E-state index contributed by atoms with van der Waals surface area (Å²) in [5.74, 6) is 2.39. The third-order valence-corrected chi connectivity index (χ3v) is 4.11. The van der Waals surface area contributed by atoms with E-state index in [1.807, 2.05) is 12.1 Å². The zero-order valence-electron chi connectivity index (χ0n) is 10.8. The van der Waals surface area contributed by atoms with Crippen LogP contribution in [0.5, 0.6) is 0 Å². The van der Waals surface area contributed by atoms with E-state index in [-0.39, 0.29) is 0 Å². The second-order valence-electron chi connectivity index (χ2n) is 5.27. The van der Waals surface area contributed by atoms with Crippen molar-refractivity contribution in [2.75, 3.05) is 5.73 Å². The third-order valence-electron chi connectivity index (χ3n) is 3.79. The summed E-state index contributed by atoms with van der Waals surface area (Å²) in [6.07, 6.45) is 3.49. The molecule has 2 unspecified atom stereocenters. The van der Waals surface area contributed by atoms with E-state index >= 15 is 0 Å². The molecule has 0 radical (unpaired) electrons. The van der Waals surface area contributed by atoms with Crippen molar-refractivity contribution in [2.45, 2.75) is 32.1 Å². The Bertz CT molecular complexity index is 596. The Balaban J connectivity index is 1.91. The quantitative estimate of drug-likeness (QED) is 0.846. The Morgan fingerprint density at radius 2 is 2.21 bits per heavy atom. The van der Waals surface area contributed by atoms with Gasteiger partial charge in [0.25, 0.3) is 5.89 Å². The van der Waals surface area contributed by atoms with Crippen LogP contribution < -0.4 is 5.73 Å². The van der Waals surface area contributed by atoms with Crippen LogP contribution in [0.15, 0.2) is 22.7 Å². The highest BCUT2D eigenvalue weighted by atomic mass is 35.5. The molecule has 2 atom stereocenters. The molecule has 100 valence electrons. The Morgan fingerprint density at radius 3 is 2.95 bits per heavy atom. The normalized spacial score (nSPS) is 22.8. The van der Waals surface area contributed by atoms with Gasteiger partial charge in [-0.15, -0.1) is 0 Å². The molecule has 1 aromatic heterocycles. The number of anilines is 1. The van der Waals surface area contributed by atoms with Crippen LogP contribution in [0.3, 0.4) is 0 Å². The molecule has 1 aliphatic rings. The van der Waals surface area contributed by atoms with E-state index in [4.69, 9.17) is 21.9 Å². The predicted octanol–water partition coefficient (Wildman–Crippen LogP) is 3.88. The third kappa shape index (κ3) is 2.32. The van der Waals surface area contributed by atoms with Gasteiger partial charge >= 0.3 is 0 Å². The van der Waals surface area contributed by atoms with Crippen LogP contribution in [0.2, 0.25) is 5.02 Å². The first-order valence-corrected chi connectivity index (χ1v) is 6.91. The van der Waals surface area contributed by atoms with Crippen molar-refractivity contribution in [1.29, 1.82) is 0 Å². The number of benzene rings is 1. The van der Waals surface area contributed by atoms with Crippen LogP contribution in [0.1, 0.15) is 37.9 Å². The molecule has 0 bridgehead atoms. The summed E-state index contributed by atoms with van der Waals surface area (Å²) >= 11 is 6.00. The van der Waals surface area contributed by atoms with Gasteiger partial charge in [-0.25, -0.2) is 0 Å². The molecule has 0 amide bonds. The van der Waals surface area contributed by atoms with Gasteiger partial charge in [0.1, 0.15) is 0 Å². The van der Waals surface area contributed by atoms with Crippen LogP contribution in [0.4, 0.5) is 5.69 Å². The summed E-state index contributed by atoms with van der Waals surface area (Å²) in [5, 5.41) is 4.60.